The number of aromatic nitrogens is 1. The fraction of sp³-hybridized carbons (Fsp3) is 0.533. The molecule has 1 aromatic heterocycles. The number of hydrogen-bond acceptors (Lipinski definition) is 6. The molecule has 0 amide bonds. The molecule has 0 aliphatic rings. The van der Waals surface area contributed by atoms with Crippen molar-refractivity contribution < 1.29 is 19.1 Å². The van der Waals surface area contributed by atoms with Crippen LogP contribution < -0.4 is 0 Å². The first-order valence-corrected chi connectivity index (χ1v) is 6.95. The van der Waals surface area contributed by atoms with Gasteiger partial charge in [0, 0.05) is 10.6 Å². The van der Waals surface area contributed by atoms with Crippen molar-refractivity contribution in [2.45, 2.75) is 52.7 Å². The summed E-state index contributed by atoms with van der Waals surface area (Å²) >= 11 is 0. The Morgan fingerprint density at radius 3 is 1.70 bits per heavy atom. The normalized spacial score (nSPS) is 11.4. The van der Waals surface area contributed by atoms with Crippen molar-refractivity contribution in [1.29, 1.82) is 0 Å². The molecule has 0 spiro atoms. The van der Waals surface area contributed by atoms with Crippen LogP contribution in [0.1, 0.15) is 62.5 Å². The first-order valence-electron chi connectivity index (χ1n) is 6.95. The predicted molar refractivity (Wildman–Crippen MR) is 83.4 cm³/mol. The SMILES string of the molecule is CC(C)(C)OC(=O)c1cc(N=[N+]=[N-])cc(C(=O)OC(C)(C)C)n1. The summed E-state index contributed by atoms with van der Waals surface area (Å²) in [4.78, 5) is 30.8. The molecule has 124 valence electrons. The van der Waals surface area contributed by atoms with Gasteiger partial charge in [0.2, 0.25) is 0 Å². The average molecular weight is 320 g/mol. The van der Waals surface area contributed by atoms with Gasteiger partial charge in [0.15, 0.2) is 0 Å². The molecule has 0 saturated carbocycles. The highest BCUT2D eigenvalue weighted by atomic mass is 16.6. The first kappa shape index (κ1) is 18.4. The maximum absolute atomic E-state index is 12.1. The van der Waals surface area contributed by atoms with Gasteiger partial charge in [-0.2, -0.15) is 0 Å². The van der Waals surface area contributed by atoms with Crippen LogP contribution in [0.5, 0.6) is 0 Å². The summed E-state index contributed by atoms with van der Waals surface area (Å²) in [5.74, 6) is -1.45. The van der Waals surface area contributed by atoms with Crippen LogP contribution in [0.15, 0.2) is 17.2 Å². The van der Waals surface area contributed by atoms with Gasteiger partial charge in [-0.3, -0.25) is 0 Å². The van der Waals surface area contributed by atoms with E-state index in [2.05, 4.69) is 15.0 Å². The standard InChI is InChI=1S/C15H20N4O4/c1-14(2,3)22-12(20)10-7-9(18-19-16)8-11(17-10)13(21)23-15(4,5)6/h7-8H,1-6H3. The predicted octanol–water partition coefficient (Wildman–Crippen LogP) is 3.93. The lowest BCUT2D eigenvalue weighted by Crippen LogP contribution is -2.26. The number of hydrogen-bond donors (Lipinski definition) is 0. The van der Waals surface area contributed by atoms with Crippen LogP contribution in [0.25, 0.3) is 10.4 Å². The average Bonchev–Trinajstić information content (AvgIpc) is 2.34. The molecular weight excluding hydrogens is 300 g/mol. The van der Waals surface area contributed by atoms with E-state index >= 15 is 0 Å². The quantitative estimate of drug-likeness (QED) is 0.362. The van der Waals surface area contributed by atoms with Gasteiger partial charge in [-0.05, 0) is 59.2 Å². The second-order valence-corrected chi connectivity index (χ2v) is 6.79. The molecule has 23 heavy (non-hydrogen) atoms. The van der Waals surface area contributed by atoms with Gasteiger partial charge < -0.3 is 9.47 Å². The Labute approximate surface area is 134 Å². The molecule has 0 bridgehead atoms. The number of azide groups is 1. The fourth-order valence-corrected chi connectivity index (χ4v) is 1.50. The van der Waals surface area contributed by atoms with E-state index in [0.717, 1.165) is 0 Å². The van der Waals surface area contributed by atoms with Crippen molar-refractivity contribution in [3.8, 4) is 0 Å². The van der Waals surface area contributed by atoms with Crippen molar-refractivity contribution in [2.75, 3.05) is 0 Å². The second-order valence-electron chi connectivity index (χ2n) is 6.79. The van der Waals surface area contributed by atoms with Crippen LogP contribution in [0.4, 0.5) is 5.69 Å². The zero-order valence-electron chi connectivity index (χ0n) is 14.1. The molecule has 1 aromatic rings. The molecule has 0 N–H and O–H groups in total. The Bertz CT molecular complexity index is 619. The molecule has 0 aliphatic heterocycles. The van der Waals surface area contributed by atoms with Gasteiger partial charge in [0.25, 0.3) is 0 Å². The molecule has 0 aliphatic carbocycles. The molecule has 0 atom stereocenters. The van der Waals surface area contributed by atoms with Crippen LogP contribution in [0.3, 0.4) is 0 Å². The van der Waals surface area contributed by atoms with Gasteiger partial charge in [-0.25, -0.2) is 14.6 Å². The molecule has 8 nitrogen and oxygen atoms in total. The number of nitrogens with zero attached hydrogens (tertiary/aromatic N) is 4. The van der Waals surface area contributed by atoms with E-state index in [1.165, 1.54) is 12.1 Å². The van der Waals surface area contributed by atoms with Gasteiger partial charge in [0.1, 0.15) is 22.6 Å². The van der Waals surface area contributed by atoms with Gasteiger partial charge in [-0.15, -0.1) is 0 Å². The maximum Gasteiger partial charge on any atom is 0.357 e. The zero-order chi connectivity index (χ0) is 17.8. The summed E-state index contributed by atoms with van der Waals surface area (Å²) in [6.07, 6.45) is 0. The Kier molecular flexibility index (Phi) is 5.34. The van der Waals surface area contributed by atoms with E-state index in [-0.39, 0.29) is 17.1 Å². The highest BCUT2D eigenvalue weighted by Gasteiger charge is 2.23. The van der Waals surface area contributed by atoms with Crippen LogP contribution >= 0.6 is 0 Å². The lowest BCUT2D eigenvalue weighted by molar-refractivity contribution is 0.00580. The van der Waals surface area contributed by atoms with E-state index in [9.17, 15) is 9.59 Å². The third-order valence-electron chi connectivity index (χ3n) is 2.19. The van der Waals surface area contributed by atoms with Crippen LogP contribution in [0, 0.1) is 0 Å². The van der Waals surface area contributed by atoms with E-state index < -0.39 is 23.1 Å². The first-order chi connectivity index (χ1) is 10.4. The number of carbonyl (C=O) groups excluding carboxylic acids is 2. The molecule has 0 radical (unpaired) electrons. The minimum atomic E-state index is -0.725. The molecule has 8 heteroatoms. The largest absolute Gasteiger partial charge is 0.455 e. The summed E-state index contributed by atoms with van der Waals surface area (Å²) in [6.45, 7) is 10.2. The summed E-state index contributed by atoms with van der Waals surface area (Å²) < 4.78 is 10.4. The van der Waals surface area contributed by atoms with Gasteiger partial charge in [-0.1, -0.05) is 5.11 Å². The maximum atomic E-state index is 12.1. The van der Waals surface area contributed by atoms with Gasteiger partial charge in [0.05, 0.1) is 0 Å². The highest BCUT2D eigenvalue weighted by molar-refractivity contribution is 5.93. The van der Waals surface area contributed by atoms with E-state index in [4.69, 9.17) is 15.0 Å². The molecular formula is C15H20N4O4. The second kappa shape index (κ2) is 6.66. The van der Waals surface area contributed by atoms with E-state index in [0.29, 0.717) is 0 Å². The van der Waals surface area contributed by atoms with E-state index in [1.807, 2.05) is 0 Å². The fourth-order valence-electron chi connectivity index (χ4n) is 1.50. The van der Waals surface area contributed by atoms with E-state index in [1.54, 1.807) is 41.5 Å². The minimum Gasteiger partial charge on any atom is -0.455 e. The molecule has 0 unspecified atom stereocenters. The monoisotopic (exact) mass is 320 g/mol. The zero-order valence-corrected chi connectivity index (χ0v) is 14.1. The Hall–Kier alpha value is -2.60. The molecule has 0 aromatic carbocycles. The third kappa shape index (κ3) is 6.36. The number of carbonyl (C=O) groups is 2. The lowest BCUT2D eigenvalue weighted by Gasteiger charge is -2.20. The van der Waals surface area contributed by atoms with Crippen molar-refractivity contribution in [3.63, 3.8) is 0 Å². The Morgan fingerprint density at radius 2 is 1.39 bits per heavy atom. The summed E-state index contributed by atoms with van der Waals surface area (Å²) in [5, 5.41) is 3.41. The summed E-state index contributed by atoms with van der Waals surface area (Å²) in [7, 11) is 0. The van der Waals surface area contributed by atoms with Crippen molar-refractivity contribution in [3.05, 3.63) is 34.0 Å². The van der Waals surface area contributed by atoms with Crippen LogP contribution in [-0.2, 0) is 9.47 Å². The molecule has 0 saturated heterocycles. The number of esters is 2. The Balaban J connectivity index is 3.25. The third-order valence-corrected chi connectivity index (χ3v) is 2.19. The molecule has 1 heterocycles. The molecule has 1 rings (SSSR count). The summed E-state index contributed by atoms with van der Waals surface area (Å²) in [5.41, 5.74) is 6.92. The topological polar surface area (TPSA) is 114 Å². The lowest BCUT2D eigenvalue weighted by atomic mass is 10.2. The van der Waals surface area contributed by atoms with Crippen molar-refractivity contribution in [1.82, 2.24) is 4.98 Å². The smallest absolute Gasteiger partial charge is 0.357 e. The van der Waals surface area contributed by atoms with Crippen molar-refractivity contribution in [2.24, 2.45) is 5.11 Å². The Morgan fingerprint density at radius 1 is 1.00 bits per heavy atom. The van der Waals surface area contributed by atoms with Gasteiger partial charge >= 0.3 is 11.9 Å². The number of pyridine rings is 1. The number of ether oxygens (including phenoxy) is 2. The number of rotatable bonds is 3. The minimum absolute atomic E-state index is 0.0734. The molecule has 0 fully saturated rings. The summed E-state index contributed by atoms with van der Waals surface area (Å²) in [6, 6.07) is 2.50. The van der Waals surface area contributed by atoms with Crippen molar-refractivity contribution >= 4 is 17.6 Å². The van der Waals surface area contributed by atoms with Crippen LogP contribution in [0.2, 0.25) is 0 Å². The highest BCUT2D eigenvalue weighted by Crippen LogP contribution is 2.20. The van der Waals surface area contributed by atoms with Crippen LogP contribution in [-0.4, -0.2) is 28.1 Å².